The summed E-state index contributed by atoms with van der Waals surface area (Å²) in [4.78, 5) is 11.9. The second kappa shape index (κ2) is 7.14. The molecule has 0 radical (unpaired) electrons. The number of rotatable bonds is 6. The van der Waals surface area contributed by atoms with Gasteiger partial charge in [-0.3, -0.25) is 4.79 Å². The number of alkyl halides is 3. The molecule has 0 aliphatic heterocycles. The minimum Gasteiger partial charge on any atom is -0.387 e. The molecule has 0 atom stereocenters. The van der Waals surface area contributed by atoms with Crippen LogP contribution in [0.1, 0.15) is 22.3 Å². The number of anilines is 1. The van der Waals surface area contributed by atoms with Crippen LogP contribution in [0.4, 0.5) is 18.9 Å². The van der Waals surface area contributed by atoms with E-state index in [1.807, 2.05) is 0 Å². The largest absolute Gasteiger partial charge is 0.418 e. The summed E-state index contributed by atoms with van der Waals surface area (Å²) in [5.41, 5.74) is -1.10. The molecule has 1 aromatic rings. The number of hydrogen-bond donors (Lipinski definition) is 2. The van der Waals surface area contributed by atoms with Crippen molar-refractivity contribution >= 4 is 11.6 Å². The Labute approximate surface area is 115 Å². The highest BCUT2D eigenvalue weighted by Crippen LogP contribution is 2.36. The summed E-state index contributed by atoms with van der Waals surface area (Å²) < 4.78 is 43.4. The zero-order valence-corrected chi connectivity index (χ0v) is 11.3. The van der Waals surface area contributed by atoms with Crippen molar-refractivity contribution in [2.24, 2.45) is 0 Å². The molecule has 0 unspecified atom stereocenters. The molecular formula is C13H17F3N2O2. The monoisotopic (exact) mass is 290 g/mol. The first-order chi connectivity index (χ1) is 9.41. The molecule has 7 heteroatoms. The third-order valence-electron chi connectivity index (χ3n) is 2.68. The summed E-state index contributed by atoms with van der Waals surface area (Å²) in [6, 6.07) is 3.51. The van der Waals surface area contributed by atoms with Crippen molar-refractivity contribution in [2.45, 2.75) is 12.6 Å². The second-order valence-electron chi connectivity index (χ2n) is 4.08. The smallest absolute Gasteiger partial charge is 0.387 e. The second-order valence-corrected chi connectivity index (χ2v) is 4.08. The van der Waals surface area contributed by atoms with Crippen LogP contribution in [0, 0.1) is 0 Å². The van der Waals surface area contributed by atoms with E-state index in [2.05, 4.69) is 10.6 Å². The summed E-state index contributed by atoms with van der Waals surface area (Å²) in [5.74, 6) is -0.545. The first-order valence-corrected chi connectivity index (χ1v) is 6.07. The highest BCUT2D eigenvalue weighted by atomic mass is 19.4. The van der Waals surface area contributed by atoms with Crippen molar-refractivity contribution in [1.82, 2.24) is 5.32 Å². The molecule has 1 amide bonds. The number of ether oxygens (including phenoxy) is 1. The zero-order chi connectivity index (χ0) is 15.2. The van der Waals surface area contributed by atoms with Gasteiger partial charge in [-0.25, -0.2) is 0 Å². The SMILES string of the molecule is CNc1c(C(=O)NCCCOC)cccc1C(F)(F)F. The predicted octanol–water partition coefficient (Wildman–Crippen LogP) is 2.51. The van der Waals surface area contributed by atoms with Crippen molar-refractivity contribution in [3.63, 3.8) is 0 Å². The van der Waals surface area contributed by atoms with Crippen LogP contribution in [0.2, 0.25) is 0 Å². The lowest BCUT2D eigenvalue weighted by molar-refractivity contribution is -0.136. The van der Waals surface area contributed by atoms with Gasteiger partial charge in [0.05, 0.1) is 16.8 Å². The third-order valence-corrected chi connectivity index (χ3v) is 2.68. The van der Waals surface area contributed by atoms with Gasteiger partial charge in [0.1, 0.15) is 0 Å². The molecule has 0 aliphatic carbocycles. The lowest BCUT2D eigenvalue weighted by Gasteiger charge is -2.16. The Morgan fingerprint density at radius 2 is 2.05 bits per heavy atom. The van der Waals surface area contributed by atoms with Gasteiger partial charge in [-0.05, 0) is 18.6 Å². The van der Waals surface area contributed by atoms with Gasteiger partial charge in [0.2, 0.25) is 0 Å². The van der Waals surface area contributed by atoms with E-state index in [4.69, 9.17) is 4.74 Å². The van der Waals surface area contributed by atoms with E-state index in [1.165, 1.54) is 26.3 Å². The van der Waals surface area contributed by atoms with E-state index in [0.29, 0.717) is 19.6 Å². The number of benzene rings is 1. The Kier molecular flexibility index (Phi) is 5.82. The number of halogens is 3. The quantitative estimate of drug-likeness (QED) is 0.792. The highest BCUT2D eigenvalue weighted by molar-refractivity contribution is 6.00. The molecule has 0 bridgehead atoms. The molecule has 2 N–H and O–H groups in total. The van der Waals surface area contributed by atoms with E-state index in [-0.39, 0.29) is 11.3 Å². The van der Waals surface area contributed by atoms with Crippen molar-refractivity contribution in [1.29, 1.82) is 0 Å². The number of hydrogen-bond acceptors (Lipinski definition) is 3. The third kappa shape index (κ3) is 4.12. The van der Waals surface area contributed by atoms with Crippen molar-refractivity contribution in [3.05, 3.63) is 29.3 Å². The highest BCUT2D eigenvalue weighted by Gasteiger charge is 2.34. The van der Waals surface area contributed by atoms with Crippen LogP contribution in [0.15, 0.2) is 18.2 Å². The van der Waals surface area contributed by atoms with Gasteiger partial charge < -0.3 is 15.4 Å². The summed E-state index contributed by atoms with van der Waals surface area (Å²) in [6.07, 6.45) is -3.92. The molecule has 0 aromatic heterocycles. The van der Waals surface area contributed by atoms with Crippen LogP contribution >= 0.6 is 0 Å². The zero-order valence-electron chi connectivity index (χ0n) is 11.3. The molecule has 0 aliphatic rings. The summed E-state index contributed by atoms with van der Waals surface area (Å²) in [5, 5.41) is 5.01. The van der Waals surface area contributed by atoms with Gasteiger partial charge in [-0.2, -0.15) is 13.2 Å². The first-order valence-electron chi connectivity index (χ1n) is 6.07. The number of para-hydroxylation sites is 1. The molecule has 0 fully saturated rings. The van der Waals surface area contributed by atoms with Gasteiger partial charge in [0, 0.05) is 27.3 Å². The lowest BCUT2D eigenvalue weighted by atomic mass is 10.1. The van der Waals surface area contributed by atoms with Gasteiger partial charge in [0.25, 0.3) is 5.91 Å². The Hall–Kier alpha value is -1.76. The Bertz CT molecular complexity index is 461. The molecule has 4 nitrogen and oxygen atoms in total. The van der Waals surface area contributed by atoms with Crippen LogP contribution in [-0.4, -0.2) is 33.2 Å². The Morgan fingerprint density at radius 3 is 2.60 bits per heavy atom. The van der Waals surface area contributed by atoms with Gasteiger partial charge in [-0.1, -0.05) is 6.07 Å². The Morgan fingerprint density at radius 1 is 1.35 bits per heavy atom. The molecule has 1 rings (SSSR count). The molecule has 112 valence electrons. The summed E-state index contributed by atoms with van der Waals surface area (Å²) in [7, 11) is 2.89. The molecule has 0 spiro atoms. The van der Waals surface area contributed by atoms with E-state index in [1.54, 1.807) is 0 Å². The number of amides is 1. The average molecular weight is 290 g/mol. The van der Waals surface area contributed by atoms with Crippen LogP contribution in [-0.2, 0) is 10.9 Å². The minimum atomic E-state index is -4.51. The minimum absolute atomic E-state index is 0.0280. The van der Waals surface area contributed by atoms with Crippen LogP contribution in [0.25, 0.3) is 0 Å². The molecule has 20 heavy (non-hydrogen) atoms. The van der Waals surface area contributed by atoms with Gasteiger partial charge >= 0.3 is 6.18 Å². The first kappa shape index (κ1) is 16.3. The molecular weight excluding hydrogens is 273 g/mol. The molecule has 0 saturated heterocycles. The predicted molar refractivity (Wildman–Crippen MR) is 69.8 cm³/mol. The van der Waals surface area contributed by atoms with Crippen LogP contribution in [0.3, 0.4) is 0 Å². The fraction of sp³-hybridized carbons (Fsp3) is 0.462. The molecule has 0 heterocycles. The van der Waals surface area contributed by atoms with Crippen molar-refractivity contribution < 1.29 is 22.7 Å². The van der Waals surface area contributed by atoms with Crippen LogP contribution < -0.4 is 10.6 Å². The van der Waals surface area contributed by atoms with Crippen LogP contribution in [0.5, 0.6) is 0 Å². The number of nitrogens with one attached hydrogen (secondary N) is 2. The van der Waals surface area contributed by atoms with E-state index < -0.39 is 17.6 Å². The lowest BCUT2D eigenvalue weighted by Crippen LogP contribution is -2.26. The normalized spacial score (nSPS) is 11.2. The maximum Gasteiger partial charge on any atom is 0.418 e. The number of methoxy groups -OCH3 is 1. The Balaban J connectivity index is 2.92. The van der Waals surface area contributed by atoms with Crippen molar-refractivity contribution in [3.8, 4) is 0 Å². The van der Waals surface area contributed by atoms with E-state index in [0.717, 1.165) is 6.07 Å². The fourth-order valence-electron chi connectivity index (χ4n) is 1.76. The van der Waals surface area contributed by atoms with Crippen molar-refractivity contribution in [2.75, 3.05) is 32.6 Å². The van der Waals surface area contributed by atoms with E-state index in [9.17, 15) is 18.0 Å². The van der Waals surface area contributed by atoms with E-state index >= 15 is 0 Å². The molecule has 0 saturated carbocycles. The number of carbonyl (C=O) groups is 1. The average Bonchev–Trinajstić information content (AvgIpc) is 2.41. The maximum atomic E-state index is 12.8. The fourth-order valence-corrected chi connectivity index (χ4v) is 1.76. The standard InChI is InChI=1S/C13H17F3N2O2/c1-17-11-9(12(19)18-7-4-8-20-2)5-3-6-10(11)13(14,15)16/h3,5-6,17H,4,7-8H2,1-2H3,(H,18,19). The number of carbonyl (C=O) groups excluding carboxylic acids is 1. The van der Waals surface area contributed by atoms with Gasteiger partial charge in [-0.15, -0.1) is 0 Å². The summed E-state index contributed by atoms with van der Waals surface area (Å²) >= 11 is 0. The summed E-state index contributed by atoms with van der Waals surface area (Å²) in [6.45, 7) is 0.813. The molecule has 1 aromatic carbocycles. The topological polar surface area (TPSA) is 50.4 Å². The van der Waals surface area contributed by atoms with Gasteiger partial charge in [0.15, 0.2) is 0 Å². The maximum absolute atomic E-state index is 12.8.